The van der Waals surface area contributed by atoms with Gasteiger partial charge in [0.2, 0.25) is 5.95 Å². The molecule has 82 valence electrons. The smallest absolute Gasteiger partial charge is 0.227 e. The Balaban J connectivity index is 2.30. The van der Waals surface area contributed by atoms with E-state index in [0.29, 0.717) is 11.7 Å². The highest BCUT2D eigenvalue weighted by Crippen LogP contribution is 2.20. The summed E-state index contributed by atoms with van der Waals surface area (Å²) < 4.78 is 0. The summed E-state index contributed by atoms with van der Waals surface area (Å²) in [5.74, 6) is 1.78. The van der Waals surface area contributed by atoms with Crippen LogP contribution in [-0.2, 0) is 0 Å². The fourth-order valence-electron chi connectivity index (χ4n) is 1.83. The number of nitrogens with zero attached hydrogens (tertiary/aromatic N) is 3. The predicted octanol–water partition coefficient (Wildman–Crippen LogP) is 1.78. The summed E-state index contributed by atoms with van der Waals surface area (Å²) in [6, 6.07) is 1.87. The summed E-state index contributed by atoms with van der Waals surface area (Å²) in [5.41, 5.74) is 6.82. The molecule has 15 heavy (non-hydrogen) atoms. The largest absolute Gasteiger partial charge is 0.384 e. The van der Waals surface area contributed by atoms with Crippen molar-refractivity contribution in [3.8, 4) is 0 Å². The molecule has 4 nitrogen and oxygen atoms in total. The summed E-state index contributed by atoms with van der Waals surface area (Å²) in [7, 11) is 0. The van der Waals surface area contributed by atoms with Gasteiger partial charge in [0, 0.05) is 19.2 Å². The first-order valence-electron chi connectivity index (χ1n) is 5.56. The molecule has 1 aromatic heterocycles. The van der Waals surface area contributed by atoms with Crippen LogP contribution >= 0.6 is 0 Å². The van der Waals surface area contributed by atoms with Crippen molar-refractivity contribution < 1.29 is 0 Å². The molecule has 0 unspecified atom stereocenters. The maximum absolute atomic E-state index is 5.79. The molecule has 0 aromatic carbocycles. The molecule has 1 fully saturated rings. The molecule has 0 bridgehead atoms. The summed E-state index contributed by atoms with van der Waals surface area (Å²) in [4.78, 5) is 11.1. The monoisotopic (exact) mass is 206 g/mol. The van der Waals surface area contributed by atoms with E-state index in [1.54, 1.807) is 0 Å². The van der Waals surface area contributed by atoms with Crippen molar-refractivity contribution in [2.45, 2.75) is 32.6 Å². The first-order chi connectivity index (χ1) is 7.16. The van der Waals surface area contributed by atoms with Crippen molar-refractivity contribution in [1.82, 2.24) is 9.97 Å². The van der Waals surface area contributed by atoms with Crippen molar-refractivity contribution in [2.75, 3.05) is 23.7 Å². The van der Waals surface area contributed by atoms with Crippen LogP contribution in [-0.4, -0.2) is 23.1 Å². The normalized spacial score (nSPS) is 16.3. The maximum Gasteiger partial charge on any atom is 0.227 e. The second-order valence-corrected chi connectivity index (χ2v) is 4.37. The molecular weight excluding hydrogens is 188 g/mol. The fourth-order valence-corrected chi connectivity index (χ4v) is 1.83. The Labute approximate surface area is 90.5 Å². The number of hydrogen-bond acceptors (Lipinski definition) is 4. The minimum atomic E-state index is 0.400. The van der Waals surface area contributed by atoms with Crippen molar-refractivity contribution in [2.24, 2.45) is 0 Å². The first-order valence-corrected chi connectivity index (χ1v) is 5.56. The van der Waals surface area contributed by atoms with Gasteiger partial charge in [-0.3, -0.25) is 0 Å². The highest BCUT2D eigenvalue weighted by atomic mass is 15.3. The Morgan fingerprint density at radius 3 is 2.53 bits per heavy atom. The van der Waals surface area contributed by atoms with Gasteiger partial charge in [0.1, 0.15) is 5.82 Å². The van der Waals surface area contributed by atoms with Crippen LogP contribution in [0.3, 0.4) is 0 Å². The summed E-state index contributed by atoms with van der Waals surface area (Å²) in [5, 5.41) is 0. The number of nitrogen functional groups attached to an aromatic ring is 1. The second kappa shape index (κ2) is 4.04. The molecule has 0 amide bonds. The molecule has 4 heteroatoms. The maximum atomic E-state index is 5.79. The quantitative estimate of drug-likeness (QED) is 0.801. The molecule has 0 spiro atoms. The lowest BCUT2D eigenvalue weighted by Crippen LogP contribution is -2.21. The lowest BCUT2D eigenvalue weighted by molar-refractivity contribution is 0.797. The van der Waals surface area contributed by atoms with Crippen LogP contribution in [0.1, 0.15) is 38.3 Å². The van der Waals surface area contributed by atoms with Gasteiger partial charge in [0.25, 0.3) is 0 Å². The summed E-state index contributed by atoms with van der Waals surface area (Å²) >= 11 is 0. The fraction of sp³-hybridized carbons (Fsp3) is 0.636. The van der Waals surface area contributed by atoms with Crippen molar-refractivity contribution in [1.29, 1.82) is 0 Å². The number of hydrogen-bond donors (Lipinski definition) is 1. The van der Waals surface area contributed by atoms with E-state index in [9.17, 15) is 0 Å². The van der Waals surface area contributed by atoms with Gasteiger partial charge in [-0.25, -0.2) is 4.98 Å². The lowest BCUT2D eigenvalue weighted by Gasteiger charge is -2.17. The van der Waals surface area contributed by atoms with E-state index in [4.69, 9.17) is 5.73 Å². The van der Waals surface area contributed by atoms with Gasteiger partial charge in [0.15, 0.2) is 0 Å². The van der Waals surface area contributed by atoms with E-state index in [2.05, 4.69) is 28.7 Å². The SMILES string of the molecule is CC(C)c1cc(N)nc(N2CCCC2)n1. The average Bonchev–Trinajstić information content (AvgIpc) is 2.69. The minimum absolute atomic E-state index is 0.400. The van der Waals surface area contributed by atoms with Gasteiger partial charge < -0.3 is 10.6 Å². The molecule has 0 saturated carbocycles. The van der Waals surface area contributed by atoms with Crippen LogP contribution in [0.2, 0.25) is 0 Å². The molecule has 2 N–H and O–H groups in total. The molecule has 1 aromatic rings. The Morgan fingerprint density at radius 1 is 1.27 bits per heavy atom. The zero-order chi connectivity index (χ0) is 10.8. The van der Waals surface area contributed by atoms with E-state index >= 15 is 0 Å². The zero-order valence-corrected chi connectivity index (χ0v) is 9.40. The molecule has 2 rings (SSSR count). The molecule has 1 saturated heterocycles. The summed E-state index contributed by atoms with van der Waals surface area (Å²) in [6.07, 6.45) is 2.46. The Bertz CT molecular complexity index is 342. The van der Waals surface area contributed by atoms with Crippen molar-refractivity contribution in [3.63, 3.8) is 0 Å². The Kier molecular flexibility index (Phi) is 2.75. The number of aromatic nitrogens is 2. The third-order valence-corrected chi connectivity index (χ3v) is 2.73. The number of rotatable bonds is 2. The first kappa shape index (κ1) is 10.2. The van der Waals surface area contributed by atoms with E-state index in [0.717, 1.165) is 24.7 Å². The van der Waals surface area contributed by atoms with Crippen LogP contribution in [0, 0.1) is 0 Å². The zero-order valence-electron chi connectivity index (χ0n) is 9.40. The van der Waals surface area contributed by atoms with E-state index in [-0.39, 0.29) is 0 Å². The predicted molar refractivity (Wildman–Crippen MR) is 62.0 cm³/mol. The van der Waals surface area contributed by atoms with Gasteiger partial charge in [-0.15, -0.1) is 0 Å². The molecule has 0 radical (unpaired) electrons. The average molecular weight is 206 g/mol. The third-order valence-electron chi connectivity index (χ3n) is 2.73. The van der Waals surface area contributed by atoms with Gasteiger partial charge in [0.05, 0.1) is 5.69 Å². The van der Waals surface area contributed by atoms with Gasteiger partial charge in [-0.1, -0.05) is 13.8 Å². The Hall–Kier alpha value is -1.32. The van der Waals surface area contributed by atoms with E-state index in [1.807, 2.05) is 6.07 Å². The minimum Gasteiger partial charge on any atom is -0.384 e. The van der Waals surface area contributed by atoms with Crippen LogP contribution < -0.4 is 10.6 Å². The standard InChI is InChI=1S/C11H18N4/c1-8(2)9-7-10(12)14-11(13-9)15-5-3-4-6-15/h7-8H,3-6H2,1-2H3,(H2,12,13,14). The van der Waals surface area contributed by atoms with Crippen molar-refractivity contribution >= 4 is 11.8 Å². The van der Waals surface area contributed by atoms with Gasteiger partial charge in [-0.2, -0.15) is 4.98 Å². The van der Waals surface area contributed by atoms with Gasteiger partial charge >= 0.3 is 0 Å². The molecule has 1 aliphatic rings. The highest BCUT2D eigenvalue weighted by molar-refractivity contribution is 5.41. The van der Waals surface area contributed by atoms with Gasteiger partial charge in [-0.05, 0) is 18.8 Å². The molecule has 0 aliphatic carbocycles. The number of anilines is 2. The van der Waals surface area contributed by atoms with E-state index < -0.39 is 0 Å². The van der Waals surface area contributed by atoms with Crippen molar-refractivity contribution in [3.05, 3.63) is 11.8 Å². The van der Waals surface area contributed by atoms with Crippen LogP contribution in [0.4, 0.5) is 11.8 Å². The molecule has 2 heterocycles. The molecular formula is C11H18N4. The lowest BCUT2D eigenvalue weighted by atomic mass is 10.1. The van der Waals surface area contributed by atoms with E-state index in [1.165, 1.54) is 12.8 Å². The Morgan fingerprint density at radius 2 is 1.93 bits per heavy atom. The second-order valence-electron chi connectivity index (χ2n) is 4.37. The van der Waals surface area contributed by atoms with Crippen LogP contribution in [0.15, 0.2) is 6.07 Å². The summed E-state index contributed by atoms with van der Waals surface area (Å²) in [6.45, 7) is 6.35. The molecule has 1 aliphatic heterocycles. The van der Waals surface area contributed by atoms with Crippen LogP contribution in [0.25, 0.3) is 0 Å². The van der Waals surface area contributed by atoms with Crippen LogP contribution in [0.5, 0.6) is 0 Å². The topological polar surface area (TPSA) is 55.0 Å². The molecule has 0 atom stereocenters. The number of nitrogens with two attached hydrogens (primary N) is 1. The highest BCUT2D eigenvalue weighted by Gasteiger charge is 2.16. The third kappa shape index (κ3) is 2.19.